The number of halogens is 1. The lowest BCUT2D eigenvalue weighted by Gasteiger charge is -2.14. The molecule has 1 aromatic carbocycles. The van der Waals surface area contributed by atoms with Gasteiger partial charge in [0.2, 0.25) is 0 Å². The van der Waals surface area contributed by atoms with Gasteiger partial charge in [0.15, 0.2) is 11.0 Å². The highest BCUT2D eigenvalue weighted by Gasteiger charge is 2.22. The third kappa shape index (κ3) is 3.47. The van der Waals surface area contributed by atoms with Gasteiger partial charge in [0.25, 0.3) is 0 Å². The number of rotatable bonds is 6. The Balaban J connectivity index is 1.72. The smallest absolute Gasteiger partial charge is 0.191 e. The molecule has 2 aromatic heterocycles. The van der Waals surface area contributed by atoms with E-state index in [1.165, 1.54) is 5.54 Å². The molecule has 130 valence electrons. The Bertz CT molecular complexity index is 882. The Hall–Kier alpha value is -1.76. The molecule has 0 saturated carbocycles. The number of hydrogen-bond donors (Lipinski definition) is 1. The van der Waals surface area contributed by atoms with Crippen LogP contribution in [0, 0.1) is 0 Å². The molecule has 3 heterocycles. The molecule has 4 rings (SSSR count). The summed E-state index contributed by atoms with van der Waals surface area (Å²) in [5.41, 5.74) is 3.71. The topological polar surface area (TPSA) is 55.7 Å². The fourth-order valence-electron chi connectivity index (χ4n) is 3.17. The predicted molar refractivity (Wildman–Crippen MR) is 102 cm³/mol. The first-order chi connectivity index (χ1) is 12.4. The zero-order chi connectivity index (χ0) is 17.1. The molecule has 0 bridgehead atoms. The molecule has 5 nitrogen and oxygen atoms in total. The van der Waals surface area contributed by atoms with Crippen molar-refractivity contribution in [2.45, 2.75) is 30.6 Å². The lowest BCUT2D eigenvalue weighted by atomic mass is 10.1. The van der Waals surface area contributed by atoms with Crippen molar-refractivity contribution in [3.63, 3.8) is 0 Å². The Labute approximate surface area is 155 Å². The molecule has 1 fully saturated rings. The maximum Gasteiger partial charge on any atom is 0.191 e. The van der Waals surface area contributed by atoms with Gasteiger partial charge >= 0.3 is 0 Å². The van der Waals surface area contributed by atoms with E-state index in [1.54, 1.807) is 11.8 Å². The summed E-state index contributed by atoms with van der Waals surface area (Å²) in [5.74, 6) is 1.64. The van der Waals surface area contributed by atoms with Crippen LogP contribution in [-0.4, -0.2) is 38.2 Å². The van der Waals surface area contributed by atoms with Crippen LogP contribution in [-0.2, 0) is 11.3 Å². The van der Waals surface area contributed by atoms with Crippen LogP contribution in [0.4, 0.5) is 0 Å². The Morgan fingerprint density at radius 3 is 3.12 bits per heavy atom. The zero-order valence-corrected chi connectivity index (χ0v) is 15.3. The van der Waals surface area contributed by atoms with Gasteiger partial charge in [-0.2, -0.15) is 0 Å². The van der Waals surface area contributed by atoms with Crippen LogP contribution in [0.5, 0.6) is 0 Å². The van der Waals surface area contributed by atoms with E-state index in [-0.39, 0.29) is 6.10 Å². The van der Waals surface area contributed by atoms with E-state index in [9.17, 15) is 0 Å². The second-order valence-corrected chi connectivity index (χ2v) is 7.21. The SMILES string of the molecule is Cl/C=C/CSc1nnc(-c2c[nH]c3ccccc23)n1CC1CCCO1. The molecule has 0 aliphatic carbocycles. The van der Waals surface area contributed by atoms with Crippen LogP contribution in [0.1, 0.15) is 12.8 Å². The van der Waals surface area contributed by atoms with E-state index in [2.05, 4.69) is 31.9 Å². The van der Waals surface area contributed by atoms with Crippen molar-refractivity contribution < 1.29 is 4.74 Å². The van der Waals surface area contributed by atoms with Gasteiger partial charge in [0.1, 0.15) is 0 Å². The maximum atomic E-state index is 5.84. The lowest BCUT2D eigenvalue weighted by Crippen LogP contribution is -2.16. The van der Waals surface area contributed by atoms with E-state index in [4.69, 9.17) is 16.3 Å². The highest BCUT2D eigenvalue weighted by Crippen LogP contribution is 2.31. The highest BCUT2D eigenvalue weighted by atomic mass is 35.5. The van der Waals surface area contributed by atoms with Crippen LogP contribution in [0.25, 0.3) is 22.3 Å². The monoisotopic (exact) mass is 374 g/mol. The number of aromatic nitrogens is 4. The summed E-state index contributed by atoms with van der Waals surface area (Å²) in [7, 11) is 0. The van der Waals surface area contributed by atoms with Crippen LogP contribution in [0.15, 0.2) is 47.2 Å². The number of ether oxygens (including phenoxy) is 1. The summed E-state index contributed by atoms with van der Waals surface area (Å²) >= 11 is 7.27. The fourth-order valence-corrected chi connectivity index (χ4v) is 4.12. The summed E-state index contributed by atoms with van der Waals surface area (Å²) in [6, 6.07) is 8.25. The molecular formula is C18H19ClN4OS. The molecule has 1 unspecified atom stereocenters. The molecule has 1 atom stereocenters. The standard InChI is InChI=1S/C18H19ClN4OS/c19-8-4-10-25-18-22-21-17(23(18)12-13-5-3-9-24-13)15-11-20-16-7-2-1-6-14(15)16/h1-2,4,6-8,11,13,20H,3,5,9-10,12H2/b8-4+. The van der Waals surface area contributed by atoms with Crippen LogP contribution < -0.4 is 0 Å². The van der Waals surface area contributed by atoms with Crippen molar-refractivity contribution >= 4 is 34.3 Å². The largest absolute Gasteiger partial charge is 0.376 e. The summed E-state index contributed by atoms with van der Waals surface area (Å²) in [5, 5.41) is 11.0. The minimum absolute atomic E-state index is 0.225. The van der Waals surface area contributed by atoms with Crippen LogP contribution in [0.3, 0.4) is 0 Å². The zero-order valence-electron chi connectivity index (χ0n) is 13.7. The van der Waals surface area contributed by atoms with Gasteiger partial charge in [0, 0.05) is 40.6 Å². The second-order valence-electron chi connectivity index (χ2n) is 5.97. The first kappa shape index (κ1) is 16.7. The van der Waals surface area contributed by atoms with Crippen molar-refractivity contribution in [3.8, 4) is 11.4 Å². The van der Waals surface area contributed by atoms with Crippen molar-refractivity contribution in [2.24, 2.45) is 0 Å². The molecule has 7 heteroatoms. The average Bonchev–Trinajstić information content (AvgIpc) is 3.36. The van der Waals surface area contributed by atoms with E-state index in [1.807, 2.05) is 24.4 Å². The number of thioether (sulfide) groups is 1. The second kappa shape index (κ2) is 7.64. The normalized spacial score (nSPS) is 17.9. The molecular weight excluding hydrogens is 356 g/mol. The van der Waals surface area contributed by atoms with Gasteiger partial charge in [-0.1, -0.05) is 47.6 Å². The molecule has 0 radical (unpaired) electrons. The average molecular weight is 375 g/mol. The van der Waals surface area contributed by atoms with E-state index >= 15 is 0 Å². The number of aromatic amines is 1. The van der Waals surface area contributed by atoms with Gasteiger partial charge in [-0.3, -0.25) is 4.57 Å². The minimum Gasteiger partial charge on any atom is -0.376 e. The number of nitrogens with zero attached hydrogens (tertiary/aromatic N) is 3. The van der Waals surface area contributed by atoms with E-state index in [0.717, 1.165) is 59.2 Å². The summed E-state index contributed by atoms with van der Waals surface area (Å²) in [6.07, 6.45) is 6.34. The van der Waals surface area contributed by atoms with E-state index in [0.29, 0.717) is 0 Å². The molecule has 0 amide bonds. The highest BCUT2D eigenvalue weighted by molar-refractivity contribution is 7.99. The first-order valence-corrected chi connectivity index (χ1v) is 9.78. The van der Waals surface area contributed by atoms with Crippen LogP contribution >= 0.6 is 23.4 Å². The summed E-state index contributed by atoms with van der Waals surface area (Å²) in [6.45, 7) is 1.61. The van der Waals surface area contributed by atoms with Gasteiger partial charge in [-0.25, -0.2) is 0 Å². The number of hydrogen-bond acceptors (Lipinski definition) is 4. The number of H-pyrrole nitrogens is 1. The number of nitrogens with one attached hydrogen (secondary N) is 1. The Kier molecular flexibility index (Phi) is 5.10. The quantitative estimate of drug-likeness (QED) is 0.647. The number of fused-ring (bicyclic) bond motifs is 1. The first-order valence-electron chi connectivity index (χ1n) is 8.36. The van der Waals surface area contributed by atoms with Crippen molar-refractivity contribution in [2.75, 3.05) is 12.4 Å². The number of para-hydroxylation sites is 1. The lowest BCUT2D eigenvalue weighted by molar-refractivity contribution is 0.0953. The van der Waals surface area contributed by atoms with Gasteiger partial charge in [-0.05, 0) is 18.9 Å². The predicted octanol–water partition coefficient (Wildman–Crippen LogP) is 4.45. The maximum absolute atomic E-state index is 5.84. The molecule has 0 spiro atoms. The molecule has 1 aliphatic rings. The van der Waals surface area contributed by atoms with Crippen LogP contribution in [0.2, 0.25) is 0 Å². The Morgan fingerprint density at radius 2 is 2.28 bits per heavy atom. The minimum atomic E-state index is 0.225. The van der Waals surface area contributed by atoms with E-state index < -0.39 is 0 Å². The van der Waals surface area contributed by atoms with Gasteiger partial charge in [0.05, 0.1) is 12.6 Å². The summed E-state index contributed by atoms with van der Waals surface area (Å²) < 4.78 is 8.02. The van der Waals surface area contributed by atoms with Crippen molar-refractivity contribution in [1.82, 2.24) is 19.7 Å². The van der Waals surface area contributed by atoms with Crippen molar-refractivity contribution in [1.29, 1.82) is 0 Å². The third-order valence-corrected chi connectivity index (χ3v) is 5.45. The fraction of sp³-hybridized carbons (Fsp3) is 0.333. The molecule has 3 aromatic rings. The Morgan fingerprint density at radius 1 is 1.36 bits per heavy atom. The number of benzene rings is 1. The molecule has 1 aliphatic heterocycles. The third-order valence-electron chi connectivity index (χ3n) is 4.35. The molecule has 1 saturated heterocycles. The van der Waals surface area contributed by atoms with Gasteiger partial charge in [-0.15, -0.1) is 10.2 Å². The molecule has 25 heavy (non-hydrogen) atoms. The van der Waals surface area contributed by atoms with Crippen molar-refractivity contribution in [3.05, 3.63) is 42.1 Å². The molecule has 1 N–H and O–H groups in total. The summed E-state index contributed by atoms with van der Waals surface area (Å²) in [4.78, 5) is 3.32. The van der Waals surface area contributed by atoms with Gasteiger partial charge < -0.3 is 9.72 Å².